The molecule has 0 spiro atoms. The van der Waals surface area contributed by atoms with E-state index >= 15 is 0 Å². The maximum Gasteiger partial charge on any atom is 0.320 e. The third kappa shape index (κ3) is 3.30. The number of aliphatic carboxylic acids is 1. The summed E-state index contributed by atoms with van der Waals surface area (Å²) in [7, 11) is 0. The first kappa shape index (κ1) is 14.8. The van der Waals surface area contributed by atoms with Gasteiger partial charge in [-0.1, -0.05) is 12.8 Å². The van der Waals surface area contributed by atoms with Crippen molar-refractivity contribution in [3.8, 4) is 0 Å². The van der Waals surface area contributed by atoms with Gasteiger partial charge < -0.3 is 5.11 Å². The standard InChI is InChI=1S/C14H16F3NO2/c15-10-6-9(7-11(16)13(10)17)8-18-5-3-1-2-4-12(18)14(19)20/h6-7,12H,1-5,8H2,(H,19,20). The van der Waals surface area contributed by atoms with Crippen molar-refractivity contribution in [3.63, 3.8) is 0 Å². The number of carboxylic acid groups (broad SMARTS) is 1. The van der Waals surface area contributed by atoms with Crippen LogP contribution in [0.15, 0.2) is 12.1 Å². The molecule has 3 nitrogen and oxygen atoms in total. The molecule has 1 aromatic carbocycles. The first-order valence-electron chi connectivity index (χ1n) is 6.59. The Morgan fingerprint density at radius 3 is 2.45 bits per heavy atom. The maximum atomic E-state index is 13.2. The zero-order valence-electron chi connectivity index (χ0n) is 10.9. The highest BCUT2D eigenvalue weighted by Crippen LogP contribution is 2.21. The number of hydrogen-bond donors (Lipinski definition) is 1. The van der Waals surface area contributed by atoms with Crippen LogP contribution in [0.5, 0.6) is 0 Å². The molecule has 0 radical (unpaired) electrons. The molecule has 0 bridgehead atoms. The molecule has 1 fully saturated rings. The fourth-order valence-electron chi connectivity index (χ4n) is 2.57. The minimum Gasteiger partial charge on any atom is -0.480 e. The number of benzene rings is 1. The van der Waals surface area contributed by atoms with Crippen molar-refractivity contribution in [2.24, 2.45) is 0 Å². The van der Waals surface area contributed by atoms with Gasteiger partial charge in [0.1, 0.15) is 6.04 Å². The van der Waals surface area contributed by atoms with E-state index < -0.39 is 29.5 Å². The van der Waals surface area contributed by atoms with Gasteiger partial charge in [0, 0.05) is 6.54 Å². The Hall–Kier alpha value is -1.56. The van der Waals surface area contributed by atoms with E-state index in [9.17, 15) is 23.1 Å². The third-order valence-corrected chi connectivity index (χ3v) is 3.58. The molecule has 1 unspecified atom stereocenters. The number of carboxylic acids is 1. The number of nitrogens with zero attached hydrogens (tertiary/aromatic N) is 1. The molecule has 1 aliphatic rings. The van der Waals surface area contributed by atoms with Crippen molar-refractivity contribution in [1.82, 2.24) is 4.90 Å². The van der Waals surface area contributed by atoms with Crippen molar-refractivity contribution < 1.29 is 23.1 Å². The second-order valence-corrected chi connectivity index (χ2v) is 5.05. The molecule has 0 amide bonds. The average molecular weight is 287 g/mol. The molecular formula is C14H16F3NO2. The number of carbonyl (C=O) groups is 1. The van der Waals surface area contributed by atoms with Crippen LogP contribution in [0, 0.1) is 17.5 Å². The fourth-order valence-corrected chi connectivity index (χ4v) is 2.57. The largest absolute Gasteiger partial charge is 0.480 e. The molecule has 0 saturated carbocycles. The molecule has 1 N–H and O–H groups in total. The van der Waals surface area contributed by atoms with Gasteiger partial charge in [-0.05, 0) is 37.1 Å². The summed E-state index contributed by atoms with van der Waals surface area (Å²) in [5.74, 6) is -4.93. The summed E-state index contributed by atoms with van der Waals surface area (Å²) in [6, 6.07) is 1.18. The molecule has 1 atom stereocenters. The molecule has 2 rings (SSSR count). The van der Waals surface area contributed by atoms with E-state index in [0.717, 1.165) is 31.4 Å². The highest BCUT2D eigenvalue weighted by molar-refractivity contribution is 5.73. The molecular weight excluding hydrogens is 271 g/mol. The molecule has 1 saturated heterocycles. The summed E-state index contributed by atoms with van der Waals surface area (Å²) in [6.45, 7) is 0.655. The topological polar surface area (TPSA) is 40.5 Å². The Morgan fingerprint density at radius 2 is 1.85 bits per heavy atom. The molecule has 0 aromatic heterocycles. The van der Waals surface area contributed by atoms with Gasteiger partial charge >= 0.3 is 5.97 Å². The van der Waals surface area contributed by atoms with Crippen LogP contribution in [-0.2, 0) is 11.3 Å². The van der Waals surface area contributed by atoms with E-state index in [4.69, 9.17) is 0 Å². The van der Waals surface area contributed by atoms with Gasteiger partial charge in [-0.15, -0.1) is 0 Å². The summed E-state index contributed by atoms with van der Waals surface area (Å²) in [6.07, 6.45) is 3.11. The smallest absolute Gasteiger partial charge is 0.320 e. The molecule has 1 heterocycles. The minimum atomic E-state index is -1.50. The summed E-state index contributed by atoms with van der Waals surface area (Å²) < 4.78 is 39.3. The van der Waals surface area contributed by atoms with E-state index in [2.05, 4.69) is 0 Å². The van der Waals surface area contributed by atoms with Gasteiger partial charge in [0.05, 0.1) is 0 Å². The van der Waals surface area contributed by atoms with Crippen molar-refractivity contribution in [2.45, 2.75) is 38.3 Å². The lowest BCUT2D eigenvalue weighted by atomic mass is 10.1. The number of rotatable bonds is 3. The number of halogens is 3. The van der Waals surface area contributed by atoms with Crippen molar-refractivity contribution in [3.05, 3.63) is 35.1 Å². The van der Waals surface area contributed by atoms with Gasteiger partial charge in [-0.25, -0.2) is 13.2 Å². The minimum absolute atomic E-state index is 0.102. The lowest BCUT2D eigenvalue weighted by Gasteiger charge is -2.26. The Kier molecular flexibility index (Phi) is 4.65. The van der Waals surface area contributed by atoms with Crippen molar-refractivity contribution in [1.29, 1.82) is 0 Å². The molecule has 20 heavy (non-hydrogen) atoms. The van der Waals surface area contributed by atoms with Crippen molar-refractivity contribution in [2.75, 3.05) is 6.54 Å². The molecule has 6 heteroatoms. The van der Waals surface area contributed by atoms with Gasteiger partial charge in [0.15, 0.2) is 17.5 Å². The van der Waals surface area contributed by atoms with Crippen LogP contribution in [-0.4, -0.2) is 28.6 Å². The summed E-state index contributed by atoms with van der Waals surface area (Å²) in [5, 5.41) is 9.22. The first-order valence-corrected chi connectivity index (χ1v) is 6.59. The summed E-state index contributed by atoms with van der Waals surface area (Å²) in [5.41, 5.74) is 0.245. The predicted octanol–water partition coefficient (Wildman–Crippen LogP) is 2.93. The van der Waals surface area contributed by atoms with Crippen LogP contribution >= 0.6 is 0 Å². The molecule has 110 valence electrons. The van der Waals surface area contributed by atoms with Crippen LogP contribution in [0.1, 0.15) is 31.2 Å². The zero-order valence-corrected chi connectivity index (χ0v) is 10.9. The van der Waals surface area contributed by atoms with Gasteiger partial charge in [0.25, 0.3) is 0 Å². The van der Waals surface area contributed by atoms with E-state index in [1.54, 1.807) is 4.90 Å². The first-order chi connectivity index (χ1) is 9.49. The summed E-state index contributed by atoms with van der Waals surface area (Å²) >= 11 is 0. The van der Waals surface area contributed by atoms with E-state index in [1.165, 1.54) is 0 Å². The predicted molar refractivity (Wildman–Crippen MR) is 66.6 cm³/mol. The quantitative estimate of drug-likeness (QED) is 0.869. The second-order valence-electron chi connectivity index (χ2n) is 5.05. The Bertz CT molecular complexity index is 484. The van der Waals surface area contributed by atoms with Gasteiger partial charge in [0.2, 0.25) is 0 Å². The summed E-state index contributed by atoms with van der Waals surface area (Å²) in [4.78, 5) is 12.9. The lowest BCUT2D eigenvalue weighted by molar-refractivity contribution is -0.143. The van der Waals surface area contributed by atoms with Gasteiger partial charge in [-0.2, -0.15) is 0 Å². The van der Waals surface area contributed by atoms with E-state index in [0.29, 0.717) is 13.0 Å². The van der Waals surface area contributed by atoms with Gasteiger partial charge in [-0.3, -0.25) is 9.69 Å². The highest BCUT2D eigenvalue weighted by atomic mass is 19.2. The number of likely N-dealkylation sites (tertiary alicyclic amines) is 1. The zero-order chi connectivity index (χ0) is 14.7. The lowest BCUT2D eigenvalue weighted by Crippen LogP contribution is -2.40. The van der Waals surface area contributed by atoms with Crippen LogP contribution in [0.4, 0.5) is 13.2 Å². The maximum absolute atomic E-state index is 13.2. The fraction of sp³-hybridized carbons (Fsp3) is 0.500. The Balaban J connectivity index is 2.19. The third-order valence-electron chi connectivity index (χ3n) is 3.58. The van der Waals surface area contributed by atoms with Crippen molar-refractivity contribution >= 4 is 5.97 Å². The van der Waals surface area contributed by atoms with Crippen LogP contribution in [0.2, 0.25) is 0 Å². The van der Waals surface area contributed by atoms with E-state index in [-0.39, 0.29) is 12.1 Å². The molecule has 0 aliphatic carbocycles. The molecule has 1 aliphatic heterocycles. The van der Waals surface area contributed by atoms with Crippen LogP contribution < -0.4 is 0 Å². The Morgan fingerprint density at radius 1 is 1.20 bits per heavy atom. The average Bonchev–Trinajstić information content (AvgIpc) is 2.61. The van der Waals surface area contributed by atoms with E-state index in [1.807, 2.05) is 0 Å². The monoisotopic (exact) mass is 287 g/mol. The van der Waals surface area contributed by atoms with Crippen LogP contribution in [0.25, 0.3) is 0 Å². The Labute approximate surface area is 115 Å². The number of hydrogen-bond acceptors (Lipinski definition) is 2. The second kappa shape index (κ2) is 6.26. The normalized spacial score (nSPS) is 20.6. The van der Waals surface area contributed by atoms with Crippen LogP contribution in [0.3, 0.4) is 0 Å². The highest BCUT2D eigenvalue weighted by Gasteiger charge is 2.27. The molecule has 1 aromatic rings. The SMILES string of the molecule is O=C(O)C1CCCCCN1Cc1cc(F)c(F)c(F)c1.